The molecule has 0 spiro atoms. The summed E-state index contributed by atoms with van der Waals surface area (Å²) in [6.07, 6.45) is 2.60. The minimum atomic E-state index is -0.415. The van der Waals surface area contributed by atoms with Gasteiger partial charge in [0, 0.05) is 18.3 Å². The lowest BCUT2D eigenvalue weighted by atomic mass is 10.00. The Labute approximate surface area is 107 Å². The fraction of sp³-hybridized carbons (Fsp3) is 0.833. The van der Waals surface area contributed by atoms with Crippen molar-refractivity contribution in [2.45, 2.75) is 39.2 Å². The standard InChI is InChI=1S/C12H20ClNO3/c1-3-17-12(16)10-6-4-5-7-14(10)11(15)9(2)8-13/h9-10H,3-8H2,1-2H3. The highest BCUT2D eigenvalue weighted by Crippen LogP contribution is 2.20. The molecular weight excluding hydrogens is 242 g/mol. The second-order valence-corrected chi connectivity index (χ2v) is 4.66. The van der Waals surface area contributed by atoms with Gasteiger partial charge in [0.2, 0.25) is 5.91 Å². The SMILES string of the molecule is CCOC(=O)C1CCCCN1C(=O)C(C)CCl. The average molecular weight is 262 g/mol. The summed E-state index contributed by atoms with van der Waals surface area (Å²) in [5.74, 6) is -0.294. The van der Waals surface area contributed by atoms with Crippen molar-refractivity contribution < 1.29 is 14.3 Å². The molecule has 17 heavy (non-hydrogen) atoms. The van der Waals surface area contributed by atoms with Crippen molar-refractivity contribution in [3.05, 3.63) is 0 Å². The van der Waals surface area contributed by atoms with Gasteiger partial charge in [0.1, 0.15) is 6.04 Å². The molecule has 4 nitrogen and oxygen atoms in total. The van der Waals surface area contributed by atoms with Crippen LogP contribution in [0.15, 0.2) is 0 Å². The Balaban J connectivity index is 2.71. The second kappa shape index (κ2) is 6.84. The van der Waals surface area contributed by atoms with E-state index < -0.39 is 6.04 Å². The predicted octanol–water partition coefficient (Wildman–Crippen LogP) is 1.81. The van der Waals surface area contributed by atoms with Crippen molar-refractivity contribution in [2.24, 2.45) is 5.92 Å². The zero-order valence-electron chi connectivity index (χ0n) is 10.4. The molecule has 1 aliphatic rings. The van der Waals surface area contributed by atoms with Gasteiger partial charge in [-0.15, -0.1) is 11.6 Å². The Morgan fingerprint density at radius 1 is 1.47 bits per heavy atom. The molecule has 98 valence electrons. The molecule has 0 aromatic rings. The molecule has 0 N–H and O–H groups in total. The molecule has 1 aliphatic heterocycles. The van der Waals surface area contributed by atoms with Gasteiger partial charge >= 0.3 is 5.97 Å². The minimum Gasteiger partial charge on any atom is -0.464 e. The van der Waals surface area contributed by atoms with Crippen LogP contribution < -0.4 is 0 Å². The van der Waals surface area contributed by atoms with Crippen LogP contribution in [0.2, 0.25) is 0 Å². The van der Waals surface area contributed by atoms with Gasteiger partial charge in [-0.05, 0) is 26.2 Å². The Morgan fingerprint density at radius 2 is 2.18 bits per heavy atom. The van der Waals surface area contributed by atoms with Crippen LogP contribution in [0.4, 0.5) is 0 Å². The van der Waals surface area contributed by atoms with Crippen LogP contribution in [-0.4, -0.2) is 41.8 Å². The monoisotopic (exact) mass is 261 g/mol. The first kappa shape index (κ1) is 14.3. The number of hydrogen-bond acceptors (Lipinski definition) is 3. The second-order valence-electron chi connectivity index (χ2n) is 4.35. The summed E-state index contributed by atoms with van der Waals surface area (Å²) in [5, 5.41) is 0. The fourth-order valence-corrected chi connectivity index (χ4v) is 2.16. The number of amides is 1. The number of hydrogen-bond donors (Lipinski definition) is 0. The molecule has 1 amide bonds. The van der Waals surface area contributed by atoms with Crippen LogP contribution in [0.5, 0.6) is 0 Å². The molecule has 0 radical (unpaired) electrons. The van der Waals surface area contributed by atoms with E-state index >= 15 is 0 Å². The number of rotatable bonds is 4. The molecule has 0 aliphatic carbocycles. The molecule has 5 heteroatoms. The highest BCUT2D eigenvalue weighted by Gasteiger charge is 2.34. The zero-order chi connectivity index (χ0) is 12.8. The van der Waals surface area contributed by atoms with E-state index in [2.05, 4.69) is 0 Å². The first-order chi connectivity index (χ1) is 8.11. The average Bonchev–Trinajstić information content (AvgIpc) is 2.37. The largest absolute Gasteiger partial charge is 0.464 e. The number of alkyl halides is 1. The van der Waals surface area contributed by atoms with Gasteiger partial charge < -0.3 is 9.64 Å². The van der Waals surface area contributed by atoms with Gasteiger partial charge in [-0.2, -0.15) is 0 Å². The van der Waals surface area contributed by atoms with Crippen molar-refractivity contribution in [3.63, 3.8) is 0 Å². The summed E-state index contributed by atoms with van der Waals surface area (Å²) in [4.78, 5) is 25.5. The number of likely N-dealkylation sites (tertiary alicyclic amines) is 1. The molecule has 1 heterocycles. The minimum absolute atomic E-state index is 0.0437. The van der Waals surface area contributed by atoms with E-state index in [-0.39, 0.29) is 23.7 Å². The van der Waals surface area contributed by atoms with Crippen LogP contribution in [0.25, 0.3) is 0 Å². The van der Waals surface area contributed by atoms with E-state index in [4.69, 9.17) is 16.3 Å². The molecule has 0 bridgehead atoms. The highest BCUT2D eigenvalue weighted by molar-refractivity contribution is 6.19. The number of esters is 1. The van der Waals surface area contributed by atoms with E-state index in [1.165, 1.54) is 0 Å². The summed E-state index contributed by atoms with van der Waals surface area (Å²) in [5.41, 5.74) is 0. The lowest BCUT2D eigenvalue weighted by Crippen LogP contribution is -2.50. The van der Waals surface area contributed by atoms with Crippen molar-refractivity contribution in [3.8, 4) is 0 Å². The van der Waals surface area contributed by atoms with E-state index in [0.717, 1.165) is 12.8 Å². The van der Waals surface area contributed by atoms with Crippen LogP contribution in [0.3, 0.4) is 0 Å². The fourth-order valence-electron chi connectivity index (χ4n) is 2.03. The van der Waals surface area contributed by atoms with Crippen molar-refractivity contribution in [1.82, 2.24) is 4.90 Å². The quantitative estimate of drug-likeness (QED) is 0.573. The lowest BCUT2D eigenvalue weighted by Gasteiger charge is -2.35. The van der Waals surface area contributed by atoms with Crippen molar-refractivity contribution >= 4 is 23.5 Å². The van der Waals surface area contributed by atoms with Gasteiger partial charge in [0.05, 0.1) is 6.61 Å². The number of halogens is 1. The molecule has 0 aromatic carbocycles. The van der Waals surface area contributed by atoms with E-state index in [1.807, 2.05) is 0 Å². The molecular formula is C12H20ClNO3. The third kappa shape index (κ3) is 3.60. The molecule has 1 fully saturated rings. The molecule has 1 saturated heterocycles. The summed E-state index contributed by atoms with van der Waals surface area (Å²) >= 11 is 5.69. The lowest BCUT2D eigenvalue weighted by molar-refractivity contribution is -0.157. The van der Waals surface area contributed by atoms with E-state index in [9.17, 15) is 9.59 Å². The maximum atomic E-state index is 12.1. The third-order valence-corrected chi connectivity index (χ3v) is 3.46. The molecule has 2 unspecified atom stereocenters. The molecule has 0 saturated carbocycles. The smallest absolute Gasteiger partial charge is 0.328 e. The predicted molar refractivity (Wildman–Crippen MR) is 65.9 cm³/mol. The van der Waals surface area contributed by atoms with E-state index in [1.54, 1.807) is 18.7 Å². The summed E-state index contributed by atoms with van der Waals surface area (Å²) in [7, 11) is 0. The van der Waals surface area contributed by atoms with Crippen LogP contribution in [-0.2, 0) is 14.3 Å². The highest BCUT2D eigenvalue weighted by atomic mass is 35.5. The summed E-state index contributed by atoms with van der Waals surface area (Å²) in [6, 6.07) is -0.415. The van der Waals surface area contributed by atoms with Crippen LogP contribution in [0.1, 0.15) is 33.1 Å². The normalized spacial score (nSPS) is 22.1. The van der Waals surface area contributed by atoms with Gasteiger partial charge in [0.15, 0.2) is 0 Å². The summed E-state index contributed by atoms with van der Waals surface area (Å²) < 4.78 is 5.01. The third-order valence-electron chi connectivity index (χ3n) is 3.00. The molecule has 1 rings (SSSR count). The Kier molecular flexibility index (Phi) is 5.75. The van der Waals surface area contributed by atoms with Crippen molar-refractivity contribution in [1.29, 1.82) is 0 Å². The molecule has 0 aromatic heterocycles. The Hall–Kier alpha value is -0.770. The maximum Gasteiger partial charge on any atom is 0.328 e. The Bertz CT molecular complexity index is 283. The van der Waals surface area contributed by atoms with Crippen molar-refractivity contribution in [2.75, 3.05) is 19.0 Å². The number of carbonyl (C=O) groups is 2. The van der Waals surface area contributed by atoms with E-state index in [0.29, 0.717) is 19.6 Å². The topological polar surface area (TPSA) is 46.6 Å². The van der Waals surface area contributed by atoms with Crippen LogP contribution >= 0.6 is 11.6 Å². The number of piperidine rings is 1. The number of ether oxygens (including phenoxy) is 1. The first-order valence-corrected chi connectivity index (χ1v) is 6.68. The van der Waals surface area contributed by atoms with Gasteiger partial charge in [0.25, 0.3) is 0 Å². The first-order valence-electron chi connectivity index (χ1n) is 6.14. The summed E-state index contributed by atoms with van der Waals surface area (Å²) in [6.45, 7) is 4.53. The number of carbonyl (C=O) groups excluding carboxylic acids is 2. The van der Waals surface area contributed by atoms with Gasteiger partial charge in [-0.1, -0.05) is 6.92 Å². The number of nitrogens with zero attached hydrogens (tertiary/aromatic N) is 1. The molecule has 2 atom stereocenters. The van der Waals surface area contributed by atoms with Gasteiger partial charge in [-0.3, -0.25) is 4.79 Å². The Morgan fingerprint density at radius 3 is 2.76 bits per heavy atom. The van der Waals surface area contributed by atoms with Gasteiger partial charge in [-0.25, -0.2) is 4.79 Å². The van der Waals surface area contributed by atoms with Crippen LogP contribution in [0, 0.1) is 5.92 Å². The zero-order valence-corrected chi connectivity index (χ0v) is 11.2. The maximum absolute atomic E-state index is 12.1.